The van der Waals surface area contributed by atoms with Gasteiger partial charge in [0, 0.05) is 17.4 Å². The summed E-state index contributed by atoms with van der Waals surface area (Å²) in [6.45, 7) is 1.96. The fourth-order valence-corrected chi connectivity index (χ4v) is 3.22. The number of rotatable bonds is 4. The van der Waals surface area contributed by atoms with Crippen LogP contribution < -0.4 is 15.2 Å². The van der Waals surface area contributed by atoms with Crippen molar-refractivity contribution in [2.75, 3.05) is 18.6 Å². The van der Waals surface area contributed by atoms with Crippen LogP contribution in [0, 0.1) is 0 Å². The van der Waals surface area contributed by atoms with Crippen LogP contribution in [-0.4, -0.2) is 24.7 Å². The van der Waals surface area contributed by atoms with E-state index in [1.165, 1.54) is 12.2 Å². The highest BCUT2D eigenvalue weighted by Gasteiger charge is 2.19. The zero-order chi connectivity index (χ0) is 13.0. The van der Waals surface area contributed by atoms with Gasteiger partial charge in [0.25, 0.3) is 0 Å². The summed E-state index contributed by atoms with van der Waals surface area (Å²) in [5, 5.41) is 0. The highest BCUT2D eigenvalue weighted by molar-refractivity contribution is 7.99. The summed E-state index contributed by atoms with van der Waals surface area (Å²) in [6.07, 6.45) is 2.64. The Balaban J connectivity index is 2.18. The molecule has 2 rings (SSSR count). The lowest BCUT2D eigenvalue weighted by Gasteiger charge is -2.24. The average Bonchev–Trinajstić information content (AvgIpc) is 2.39. The highest BCUT2D eigenvalue weighted by Crippen LogP contribution is 2.35. The zero-order valence-electron chi connectivity index (χ0n) is 11.0. The first kappa shape index (κ1) is 13.6. The molecule has 2 N–H and O–H groups in total. The SMILES string of the molecule is COc1c(OC2CCCSC2)cccc1C(C)N. The van der Waals surface area contributed by atoms with Crippen molar-refractivity contribution < 1.29 is 9.47 Å². The van der Waals surface area contributed by atoms with Gasteiger partial charge in [-0.2, -0.15) is 11.8 Å². The van der Waals surface area contributed by atoms with E-state index in [0.717, 1.165) is 29.2 Å². The Labute approximate surface area is 113 Å². The van der Waals surface area contributed by atoms with E-state index in [0.29, 0.717) is 6.10 Å². The third kappa shape index (κ3) is 3.12. The molecule has 0 bridgehead atoms. The van der Waals surface area contributed by atoms with Crippen LogP contribution in [0.25, 0.3) is 0 Å². The summed E-state index contributed by atoms with van der Waals surface area (Å²) >= 11 is 1.96. The van der Waals surface area contributed by atoms with E-state index in [1.807, 2.05) is 36.9 Å². The van der Waals surface area contributed by atoms with Crippen molar-refractivity contribution in [3.05, 3.63) is 23.8 Å². The van der Waals surface area contributed by atoms with E-state index >= 15 is 0 Å². The molecule has 0 saturated carbocycles. The van der Waals surface area contributed by atoms with E-state index in [-0.39, 0.29) is 6.04 Å². The first-order chi connectivity index (χ1) is 8.72. The largest absolute Gasteiger partial charge is 0.493 e. The first-order valence-corrected chi connectivity index (χ1v) is 7.54. The molecule has 18 heavy (non-hydrogen) atoms. The molecule has 3 nitrogen and oxygen atoms in total. The maximum atomic E-state index is 6.07. The van der Waals surface area contributed by atoms with Gasteiger partial charge in [-0.05, 0) is 31.6 Å². The first-order valence-electron chi connectivity index (χ1n) is 6.39. The van der Waals surface area contributed by atoms with Crippen molar-refractivity contribution in [1.29, 1.82) is 0 Å². The molecule has 1 aliphatic rings. The van der Waals surface area contributed by atoms with Crippen LogP contribution in [0.2, 0.25) is 0 Å². The monoisotopic (exact) mass is 267 g/mol. The van der Waals surface area contributed by atoms with Crippen molar-refractivity contribution in [1.82, 2.24) is 0 Å². The lowest BCUT2D eigenvalue weighted by molar-refractivity contribution is 0.201. The summed E-state index contributed by atoms with van der Waals surface area (Å²) in [4.78, 5) is 0. The standard InChI is InChI=1S/C14H21NO2S/c1-10(15)12-6-3-7-13(14(12)16-2)17-11-5-4-8-18-9-11/h3,6-7,10-11H,4-5,8-9,15H2,1-2H3. The molecule has 1 heterocycles. The van der Waals surface area contributed by atoms with E-state index in [2.05, 4.69) is 0 Å². The van der Waals surface area contributed by atoms with Crippen molar-refractivity contribution >= 4 is 11.8 Å². The van der Waals surface area contributed by atoms with Gasteiger partial charge in [0.05, 0.1) is 7.11 Å². The number of methoxy groups -OCH3 is 1. The summed E-state index contributed by atoms with van der Waals surface area (Å²) in [5.74, 6) is 3.91. The van der Waals surface area contributed by atoms with Crippen LogP contribution in [0.1, 0.15) is 31.4 Å². The average molecular weight is 267 g/mol. The predicted molar refractivity (Wildman–Crippen MR) is 76.6 cm³/mol. The lowest BCUT2D eigenvalue weighted by Crippen LogP contribution is -2.23. The van der Waals surface area contributed by atoms with Crippen LogP contribution in [0.5, 0.6) is 11.5 Å². The van der Waals surface area contributed by atoms with E-state index in [9.17, 15) is 0 Å². The molecule has 0 aliphatic carbocycles. The number of hydrogen-bond acceptors (Lipinski definition) is 4. The molecule has 0 spiro atoms. The maximum absolute atomic E-state index is 6.07. The molecule has 0 amide bonds. The van der Waals surface area contributed by atoms with Crippen molar-refractivity contribution in [2.45, 2.75) is 31.9 Å². The van der Waals surface area contributed by atoms with Gasteiger partial charge < -0.3 is 15.2 Å². The minimum Gasteiger partial charge on any atom is -0.493 e. The smallest absolute Gasteiger partial charge is 0.165 e. The molecule has 1 saturated heterocycles. The molecule has 1 aromatic rings. The molecule has 0 aromatic heterocycles. The van der Waals surface area contributed by atoms with Crippen LogP contribution in [0.4, 0.5) is 0 Å². The summed E-state index contributed by atoms with van der Waals surface area (Å²) in [5.41, 5.74) is 6.95. The molecule has 0 radical (unpaired) electrons. The van der Waals surface area contributed by atoms with Crippen molar-refractivity contribution in [2.24, 2.45) is 5.73 Å². The van der Waals surface area contributed by atoms with Gasteiger partial charge in [0.1, 0.15) is 6.10 Å². The summed E-state index contributed by atoms with van der Waals surface area (Å²) in [7, 11) is 1.67. The predicted octanol–water partition coefficient (Wildman–Crippen LogP) is 2.99. The molecule has 4 heteroatoms. The maximum Gasteiger partial charge on any atom is 0.165 e. The minimum absolute atomic E-state index is 0.0516. The second kappa shape index (κ2) is 6.34. The van der Waals surface area contributed by atoms with E-state index in [4.69, 9.17) is 15.2 Å². The van der Waals surface area contributed by atoms with Gasteiger partial charge in [-0.3, -0.25) is 0 Å². The van der Waals surface area contributed by atoms with Gasteiger partial charge >= 0.3 is 0 Å². The number of para-hydroxylation sites is 1. The van der Waals surface area contributed by atoms with Crippen LogP contribution >= 0.6 is 11.8 Å². The summed E-state index contributed by atoms with van der Waals surface area (Å²) in [6, 6.07) is 5.88. The number of ether oxygens (including phenoxy) is 2. The van der Waals surface area contributed by atoms with Crippen molar-refractivity contribution in [3.63, 3.8) is 0 Å². The Morgan fingerprint density at radius 2 is 2.28 bits per heavy atom. The molecule has 2 atom stereocenters. The second-order valence-electron chi connectivity index (χ2n) is 4.62. The topological polar surface area (TPSA) is 44.5 Å². The number of nitrogens with two attached hydrogens (primary N) is 1. The lowest BCUT2D eigenvalue weighted by atomic mass is 10.1. The Kier molecular flexibility index (Phi) is 4.78. The fourth-order valence-electron chi connectivity index (χ4n) is 2.19. The van der Waals surface area contributed by atoms with Crippen molar-refractivity contribution in [3.8, 4) is 11.5 Å². The highest BCUT2D eigenvalue weighted by atomic mass is 32.2. The molecule has 100 valence electrons. The van der Waals surface area contributed by atoms with E-state index in [1.54, 1.807) is 7.11 Å². The molecule has 2 unspecified atom stereocenters. The van der Waals surface area contributed by atoms with Crippen LogP contribution in [0.15, 0.2) is 18.2 Å². The van der Waals surface area contributed by atoms with Gasteiger partial charge in [-0.1, -0.05) is 12.1 Å². The van der Waals surface area contributed by atoms with Gasteiger partial charge in [0.2, 0.25) is 0 Å². The Morgan fingerprint density at radius 3 is 2.89 bits per heavy atom. The third-order valence-electron chi connectivity index (χ3n) is 3.12. The van der Waals surface area contributed by atoms with Gasteiger partial charge in [-0.25, -0.2) is 0 Å². The minimum atomic E-state index is -0.0516. The zero-order valence-corrected chi connectivity index (χ0v) is 11.8. The normalized spacial score (nSPS) is 21.4. The third-order valence-corrected chi connectivity index (χ3v) is 4.30. The fraction of sp³-hybridized carbons (Fsp3) is 0.571. The molecule has 1 aliphatic heterocycles. The quantitative estimate of drug-likeness (QED) is 0.911. The Bertz CT molecular complexity index is 389. The summed E-state index contributed by atoms with van der Waals surface area (Å²) < 4.78 is 11.5. The molecule has 1 fully saturated rings. The Morgan fingerprint density at radius 1 is 1.44 bits per heavy atom. The molecule has 1 aromatic carbocycles. The number of thioether (sulfide) groups is 1. The number of hydrogen-bond donors (Lipinski definition) is 1. The van der Waals surface area contributed by atoms with Crippen LogP contribution in [0.3, 0.4) is 0 Å². The van der Waals surface area contributed by atoms with Gasteiger partial charge in [0.15, 0.2) is 11.5 Å². The molecular formula is C14H21NO2S. The van der Waals surface area contributed by atoms with Crippen LogP contribution in [-0.2, 0) is 0 Å². The second-order valence-corrected chi connectivity index (χ2v) is 5.77. The number of benzene rings is 1. The van der Waals surface area contributed by atoms with E-state index < -0.39 is 0 Å². The molecular weight excluding hydrogens is 246 g/mol. The Hall–Kier alpha value is -0.870. The van der Waals surface area contributed by atoms with Gasteiger partial charge in [-0.15, -0.1) is 0 Å².